The second kappa shape index (κ2) is 12.4. The summed E-state index contributed by atoms with van der Waals surface area (Å²) in [6.45, 7) is 0. The van der Waals surface area contributed by atoms with Gasteiger partial charge in [-0.3, -0.25) is 5.41 Å². The summed E-state index contributed by atoms with van der Waals surface area (Å²) in [6.07, 6.45) is 0. The van der Waals surface area contributed by atoms with Crippen LogP contribution in [0.25, 0.3) is 56.4 Å². The maximum absolute atomic E-state index is 15.8. The second-order valence-corrected chi connectivity index (χ2v) is 11.9. The number of rotatable bonds is 6. The molecule has 3 N–H and O–H groups in total. The largest absolute Gasteiger partial charge is 0.386 e. The number of alkyl halides is 2. The van der Waals surface area contributed by atoms with E-state index in [1.54, 1.807) is 48.5 Å². The van der Waals surface area contributed by atoms with Crippen LogP contribution in [0.15, 0.2) is 152 Å². The number of halogens is 2. The second-order valence-electron chi connectivity index (χ2n) is 11.9. The summed E-state index contributed by atoms with van der Waals surface area (Å²) < 4.78 is 37.3. The summed E-state index contributed by atoms with van der Waals surface area (Å²) >= 11 is 0. The highest BCUT2D eigenvalue weighted by molar-refractivity contribution is 6.03. The van der Waals surface area contributed by atoms with E-state index in [4.69, 9.17) is 30.5 Å². The molecule has 0 bridgehead atoms. The molecule has 1 aliphatic carbocycles. The van der Waals surface area contributed by atoms with Crippen molar-refractivity contribution in [1.82, 2.24) is 15.0 Å². The summed E-state index contributed by atoms with van der Waals surface area (Å²) in [4.78, 5) is 14.3. The van der Waals surface area contributed by atoms with Gasteiger partial charge in [0.15, 0.2) is 17.5 Å². The molecule has 8 rings (SSSR count). The smallest absolute Gasteiger partial charge is 0.373 e. The third-order valence-corrected chi connectivity index (χ3v) is 8.71. The van der Waals surface area contributed by atoms with Crippen molar-refractivity contribution in [3.05, 3.63) is 174 Å². The minimum atomic E-state index is -3.17. The maximum Gasteiger partial charge on any atom is 0.373 e. The van der Waals surface area contributed by atoms with Crippen LogP contribution in [0.4, 0.5) is 8.78 Å². The molecule has 0 atom stereocenters. The molecule has 240 valence electrons. The van der Waals surface area contributed by atoms with Gasteiger partial charge in [-0.05, 0) is 58.7 Å². The minimum absolute atomic E-state index is 0.0546. The molecule has 0 radical (unpaired) electrons. The van der Waals surface area contributed by atoms with Crippen molar-refractivity contribution >= 4 is 11.8 Å². The van der Waals surface area contributed by atoms with Crippen LogP contribution in [-0.4, -0.2) is 26.7 Å². The lowest BCUT2D eigenvalue weighted by atomic mass is 9.97. The van der Waals surface area contributed by atoms with E-state index in [0.717, 1.165) is 22.3 Å². The third kappa shape index (κ3) is 5.62. The van der Waals surface area contributed by atoms with E-state index in [1.807, 2.05) is 91.0 Å². The van der Waals surface area contributed by atoms with Crippen LogP contribution in [-0.2, 0) is 10.7 Å². The van der Waals surface area contributed by atoms with Gasteiger partial charge in [-0.25, -0.2) is 20.4 Å². The molecule has 0 saturated heterocycles. The number of ether oxygens (including phenoxy) is 1. The summed E-state index contributed by atoms with van der Waals surface area (Å²) in [5.74, 6) is -1.77. The van der Waals surface area contributed by atoms with Crippen molar-refractivity contribution < 1.29 is 18.9 Å². The van der Waals surface area contributed by atoms with Crippen molar-refractivity contribution in [2.45, 2.75) is 5.92 Å². The predicted molar refractivity (Wildman–Crippen MR) is 190 cm³/mol. The normalized spacial score (nSPS) is 12.5. The molecule has 0 spiro atoms. The molecule has 0 aliphatic heterocycles. The van der Waals surface area contributed by atoms with Gasteiger partial charge in [0.1, 0.15) is 0 Å². The van der Waals surface area contributed by atoms with Gasteiger partial charge >= 0.3 is 5.90 Å². The molecule has 50 heavy (non-hydrogen) atoms. The zero-order chi connectivity index (χ0) is 34.2. The highest BCUT2D eigenvalue weighted by Gasteiger charge is 2.44. The summed E-state index contributed by atoms with van der Waals surface area (Å²) in [5.41, 5.74) is 5.77. The number of benzene rings is 6. The monoisotopic (exact) mass is 656 g/mol. The zero-order valence-corrected chi connectivity index (χ0v) is 26.5. The van der Waals surface area contributed by atoms with Crippen molar-refractivity contribution in [2.24, 2.45) is 0 Å². The lowest BCUT2D eigenvalue weighted by molar-refractivity contribution is -0.130. The molecule has 0 unspecified atom stereocenters. The van der Waals surface area contributed by atoms with Crippen LogP contribution in [0.5, 0.6) is 0 Å². The predicted octanol–water partition coefficient (Wildman–Crippen LogP) is 8.21. The summed E-state index contributed by atoms with van der Waals surface area (Å²) in [5, 5.41) is 14.4. The fourth-order valence-corrected chi connectivity index (χ4v) is 6.13. The van der Waals surface area contributed by atoms with Crippen molar-refractivity contribution in [3.8, 4) is 56.4 Å². The van der Waals surface area contributed by atoms with Crippen molar-refractivity contribution in [1.29, 1.82) is 5.41 Å². The number of nitrogens with one attached hydrogen (secondary N) is 1. The maximum atomic E-state index is 15.8. The Labute approximate surface area is 286 Å². The Kier molecular flexibility index (Phi) is 7.61. The van der Waals surface area contributed by atoms with Gasteiger partial charge in [-0.1, -0.05) is 115 Å². The number of aromatic nitrogens is 3. The number of fused-ring (bicyclic) bond motifs is 3. The van der Waals surface area contributed by atoms with E-state index < -0.39 is 5.92 Å². The lowest BCUT2D eigenvalue weighted by Gasteiger charge is -2.13. The average molecular weight is 657 g/mol. The molecule has 0 saturated carbocycles. The first-order valence-corrected chi connectivity index (χ1v) is 15.9. The quantitative estimate of drug-likeness (QED) is 0.139. The van der Waals surface area contributed by atoms with Crippen LogP contribution in [0.1, 0.15) is 22.3 Å². The highest BCUT2D eigenvalue weighted by Crippen LogP contribution is 2.52. The number of hydrogen-bond acceptors (Lipinski definition) is 5. The molecule has 0 amide bonds. The molecular weight excluding hydrogens is 628 g/mol. The number of hydrogen-bond donors (Lipinski definition) is 2. The first-order valence-electron chi connectivity index (χ1n) is 15.9. The SMILES string of the molecule is N=C(OC(=[NH2+])c1ccc(-c2ccc3c(c2)-c2cc(-c4nc(-c5ccccc5)nc(-c5ccccc5)n4)ccc2C3(F)F)cc1)c1ccccc1. The number of nitrogens with zero attached hydrogens (tertiary/aromatic N) is 3. The van der Waals surface area contributed by atoms with Gasteiger partial charge in [-0.15, -0.1) is 0 Å². The van der Waals surface area contributed by atoms with Gasteiger partial charge in [0.05, 0.1) is 5.56 Å². The van der Waals surface area contributed by atoms with Crippen LogP contribution < -0.4 is 5.41 Å². The van der Waals surface area contributed by atoms with Gasteiger partial charge < -0.3 is 4.74 Å². The Balaban J connectivity index is 1.14. The van der Waals surface area contributed by atoms with E-state index in [-0.39, 0.29) is 22.9 Å². The van der Waals surface area contributed by atoms with E-state index in [1.165, 1.54) is 12.1 Å². The highest BCUT2D eigenvalue weighted by atomic mass is 19.3. The number of nitrogens with two attached hydrogens (primary N) is 1. The molecular formula is C42H28F2N5O+. The molecule has 1 heterocycles. The molecule has 6 aromatic carbocycles. The van der Waals surface area contributed by atoms with E-state index in [2.05, 4.69) is 0 Å². The average Bonchev–Trinajstić information content (AvgIpc) is 3.40. The van der Waals surface area contributed by atoms with Crippen LogP contribution >= 0.6 is 0 Å². The van der Waals surface area contributed by atoms with Crippen molar-refractivity contribution in [3.63, 3.8) is 0 Å². The molecule has 7 aromatic rings. The van der Waals surface area contributed by atoms with E-state index >= 15 is 8.78 Å². The Morgan fingerprint density at radius 3 is 1.48 bits per heavy atom. The van der Waals surface area contributed by atoms with Crippen LogP contribution in [0.3, 0.4) is 0 Å². The molecule has 8 heteroatoms. The Morgan fingerprint density at radius 2 is 0.940 bits per heavy atom. The zero-order valence-electron chi connectivity index (χ0n) is 26.5. The Hall–Kier alpha value is -6.67. The summed E-state index contributed by atoms with van der Waals surface area (Å²) in [6, 6.07) is 45.4. The first kappa shape index (κ1) is 30.7. The standard InChI is InChI=1S/C42H27F2N5O/c43-42(44)35-22-20-31(26-16-18-28(19-17-26)38(46)50-37(45)27-10-4-1-5-11-27)24-33(35)34-25-32(21-23-36(34)42)41-48-39(29-12-6-2-7-13-29)47-40(49-41)30-14-8-3-9-15-30/h1-25,45-46H/p+1. The first-order chi connectivity index (χ1) is 24.3. The van der Waals surface area contributed by atoms with Gasteiger partial charge in [0, 0.05) is 33.4 Å². The fourth-order valence-electron chi connectivity index (χ4n) is 6.13. The lowest BCUT2D eigenvalue weighted by Crippen LogP contribution is -2.43. The molecule has 1 aliphatic rings. The van der Waals surface area contributed by atoms with Crippen molar-refractivity contribution in [2.75, 3.05) is 0 Å². The minimum Gasteiger partial charge on any atom is -0.386 e. The Morgan fingerprint density at radius 1 is 0.500 bits per heavy atom. The van der Waals surface area contributed by atoms with E-state index in [0.29, 0.717) is 45.3 Å². The molecule has 0 fully saturated rings. The van der Waals surface area contributed by atoms with Crippen LogP contribution in [0, 0.1) is 5.41 Å². The van der Waals surface area contributed by atoms with Gasteiger partial charge in [0.25, 0.3) is 5.92 Å². The topological polar surface area (TPSA) is 97.3 Å². The van der Waals surface area contributed by atoms with E-state index in [9.17, 15) is 0 Å². The molecule has 1 aromatic heterocycles. The summed E-state index contributed by atoms with van der Waals surface area (Å²) in [7, 11) is 0. The fraction of sp³-hybridized carbons (Fsp3) is 0.0238. The van der Waals surface area contributed by atoms with Gasteiger partial charge in [-0.2, -0.15) is 8.78 Å². The van der Waals surface area contributed by atoms with Gasteiger partial charge in [0.2, 0.25) is 5.90 Å². The van der Waals surface area contributed by atoms with Crippen LogP contribution in [0.2, 0.25) is 0 Å². The third-order valence-electron chi connectivity index (χ3n) is 8.71. The molecule has 6 nitrogen and oxygen atoms in total. The Bertz CT molecular complexity index is 2340.